The van der Waals surface area contributed by atoms with Gasteiger partial charge in [0.2, 0.25) is 11.8 Å². The van der Waals surface area contributed by atoms with Gasteiger partial charge >= 0.3 is 6.09 Å². The number of methoxy groups -OCH3 is 1. The van der Waals surface area contributed by atoms with Crippen LogP contribution in [0.2, 0.25) is 5.02 Å². The number of anilines is 2. The topological polar surface area (TPSA) is 156 Å². The second-order valence-corrected chi connectivity index (χ2v) is 12.0. The molecule has 0 unspecified atom stereocenters. The van der Waals surface area contributed by atoms with Gasteiger partial charge in [0.05, 0.1) is 37.6 Å². The average molecular weight is 674 g/mol. The smallest absolute Gasteiger partial charge is 0.411 e. The van der Waals surface area contributed by atoms with E-state index in [1.165, 1.54) is 29.1 Å². The summed E-state index contributed by atoms with van der Waals surface area (Å²) in [4.78, 5) is 44.9. The highest BCUT2D eigenvalue weighted by molar-refractivity contribution is 6.30. The van der Waals surface area contributed by atoms with Crippen LogP contribution in [0, 0.1) is 0 Å². The molecule has 2 aliphatic rings. The fourth-order valence-corrected chi connectivity index (χ4v) is 5.93. The van der Waals surface area contributed by atoms with Crippen molar-refractivity contribution in [2.75, 3.05) is 30.8 Å². The molecule has 3 N–H and O–H groups in total. The number of amides is 3. The number of ether oxygens (including phenoxy) is 1. The lowest BCUT2D eigenvalue weighted by molar-refractivity contribution is -0.139. The molecule has 2 aliphatic heterocycles. The molecule has 0 spiro atoms. The number of benzene rings is 2. The number of nitrogens with zero attached hydrogens (tertiary/aromatic N) is 6. The molecule has 13 nitrogen and oxygen atoms in total. The number of carbonyl (C=O) groups excluding carboxylic acids is 3. The Balaban J connectivity index is 1.29. The van der Waals surface area contributed by atoms with Crippen molar-refractivity contribution in [3.8, 4) is 16.8 Å². The third-order valence-electron chi connectivity index (χ3n) is 8.23. The van der Waals surface area contributed by atoms with Gasteiger partial charge in [-0.25, -0.2) is 9.18 Å². The van der Waals surface area contributed by atoms with Crippen LogP contribution in [-0.4, -0.2) is 80.4 Å². The van der Waals surface area contributed by atoms with E-state index in [9.17, 15) is 18.8 Å². The van der Waals surface area contributed by atoms with E-state index >= 15 is 0 Å². The standard InChI is InChI=1S/C33H33ClFN9O4/c1-48-33(47)38-24-8-9-25-20-12-13-36-29(15-20)26(4-2-3-5-27(39-28(25)16-24)32(46)43-17-23(35)18-43)40-31(45)11-6-21-14-22(34)7-10-30(21)44-19-37-41-42-44/h6-16,19,23,26-27,39H,2-5,17-18H2,1H3,(H,38,47)(H,40,45)/b11-6+/t26-,27+/m0/s1. The normalized spacial score (nSPS) is 18.0. The predicted molar refractivity (Wildman–Crippen MR) is 177 cm³/mol. The third kappa shape index (κ3) is 7.60. The number of hydrogen-bond donors (Lipinski definition) is 3. The first-order valence-electron chi connectivity index (χ1n) is 15.4. The summed E-state index contributed by atoms with van der Waals surface area (Å²) in [5.74, 6) is -0.528. The summed E-state index contributed by atoms with van der Waals surface area (Å²) in [7, 11) is 1.27. The SMILES string of the molecule is COC(=O)Nc1ccc2c(c1)N[C@@H](C(=O)N1CC(F)C1)CCCC[C@H](NC(=O)/C=C/c1cc(Cl)ccc1-n1cnnn1)c1cc-2ccn1. The molecule has 6 rings (SSSR count). The fraction of sp³-hybridized carbons (Fsp3) is 0.303. The van der Waals surface area contributed by atoms with E-state index in [4.69, 9.17) is 16.3 Å². The molecule has 2 bridgehead atoms. The van der Waals surface area contributed by atoms with Gasteiger partial charge in [0.1, 0.15) is 18.5 Å². The number of tetrazole rings is 1. The summed E-state index contributed by atoms with van der Waals surface area (Å²) < 4.78 is 19.9. The van der Waals surface area contributed by atoms with Crippen LogP contribution in [0.4, 0.5) is 20.6 Å². The lowest BCUT2D eigenvalue weighted by Crippen LogP contribution is -2.56. The van der Waals surface area contributed by atoms with E-state index in [0.717, 1.165) is 11.1 Å². The van der Waals surface area contributed by atoms with Gasteiger partial charge in [-0.1, -0.05) is 30.5 Å². The van der Waals surface area contributed by atoms with E-state index < -0.39 is 24.3 Å². The lowest BCUT2D eigenvalue weighted by atomic mass is 9.96. The van der Waals surface area contributed by atoms with Crippen LogP contribution in [0.5, 0.6) is 0 Å². The van der Waals surface area contributed by atoms with E-state index in [2.05, 4.69) is 36.5 Å². The third-order valence-corrected chi connectivity index (χ3v) is 8.46. The molecule has 1 fully saturated rings. The van der Waals surface area contributed by atoms with Crippen LogP contribution in [0.1, 0.15) is 43.0 Å². The van der Waals surface area contributed by atoms with E-state index in [0.29, 0.717) is 59.0 Å². The number of halogens is 2. The Bertz CT molecular complexity index is 1830. The van der Waals surface area contributed by atoms with Crippen molar-refractivity contribution in [2.24, 2.45) is 0 Å². The van der Waals surface area contributed by atoms with Gasteiger partial charge < -0.3 is 20.3 Å². The van der Waals surface area contributed by atoms with Crippen molar-refractivity contribution in [3.63, 3.8) is 0 Å². The van der Waals surface area contributed by atoms with Gasteiger partial charge in [0, 0.05) is 39.8 Å². The summed E-state index contributed by atoms with van der Waals surface area (Å²) in [5.41, 5.74) is 4.55. The number of nitrogens with one attached hydrogen (secondary N) is 3. The first-order chi connectivity index (χ1) is 23.3. The molecule has 1 saturated heterocycles. The van der Waals surface area contributed by atoms with Crippen molar-refractivity contribution in [2.45, 2.75) is 43.9 Å². The van der Waals surface area contributed by atoms with Crippen molar-refractivity contribution in [1.29, 1.82) is 0 Å². The minimum Gasteiger partial charge on any atom is -0.453 e. The van der Waals surface area contributed by atoms with Gasteiger partial charge in [-0.15, -0.1) is 5.10 Å². The maximum Gasteiger partial charge on any atom is 0.411 e. The number of alkyl halides is 1. The number of carbonyl (C=O) groups is 3. The minimum absolute atomic E-state index is 0.0650. The molecule has 0 radical (unpaired) electrons. The Hall–Kier alpha value is -5.37. The molecule has 15 heteroatoms. The molecule has 4 heterocycles. The van der Waals surface area contributed by atoms with Crippen LogP contribution in [-0.2, 0) is 14.3 Å². The summed E-state index contributed by atoms with van der Waals surface area (Å²) in [6.07, 6.45) is 6.89. The van der Waals surface area contributed by atoms with Gasteiger partial charge in [0.15, 0.2) is 0 Å². The molecule has 2 aromatic carbocycles. The Labute approximate surface area is 280 Å². The van der Waals surface area contributed by atoms with Crippen LogP contribution in [0.25, 0.3) is 22.9 Å². The number of hydrogen-bond acceptors (Lipinski definition) is 9. The van der Waals surface area contributed by atoms with E-state index in [-0.39, 0.29) is 24.9 Å². The predicted octanol–water partition coefficient (Wildman–Crippen LogP) is 4.96. The van der Waals surface area contributed by atoms with Crippen molar-refractivity contribution >= 4 is 47.0 Å². The van der Waals surface area contributed by atoms with Gasteiger partial charge in [-0.3, -0.25) is 19.9 Å². The number of likely N-dealkylation sites (tertiary alicyclic amines) is 1. The first-order valence-corrected chi connectivity index (χ1v) is 15.8. The highest BCUT2D eigenvalue weighted by atomic mass is 35.5. The minimum atomic E-state index is -1.03. The Morgan fingerprint density at radius 3 is 2.69 bits per heavy atom. The molecule has 248 valence electrons. The maximum atomic E-state index is 13.7. The summed E-state index contributed by atoms with van der Waals surface area (Å²) in [5, 5.41) is 20.9. The number of fused-ring (bicyclic) bond motifs is 4. The first kappa shape index (κ1) is 32.6. The molecular weight excluding hydrogens is 641 g/mol. The van der Waals surface area contributed by atoms with Crippen molar-refractivity contribution in [1.82, 2.24) is 35.4 Å². The molecule has 0 saturated carbocycles. The Kier molecular flexibility index (Phi) is 9.90. The number of aromatic nitrogens is 5. The molecule has 4 aromatic rings. The van der Waals surface area contributed by atoms with Crippen LogP contribution < -0.4 is 16.0 Å². The quantitative estimate of drug-likeness (QED) is 0.241. The second-order valence-electron chi connectivity index (χ2n) is 11.5. The Morgan fingerprint density at radius 1 is 1.08 bits per heavy atom. The highest BCUT2D eigenvalue weighted by Crippen LogP contribution is 2.34. The van der Waals surface area contributed by atoms with Gasteiger partial charge in [0.25, 0.3) is 0 Å². The highest BCUT2D eigenvalue weighted by Gasteiger charge is 2.35. The van der Waals surface area contributed by atoms with Crippen LogP contribution >= 0.6 is 11.6 Å². The zero-order valence-corrected chi connectivity index (χ0v) is 26.7. The monoisotopic (exact) mass is 673 g/mol. The number of rotatable bonds is 6. The summed E-state index contributed by atoms with van der Waals surface area (Å²) >= 11 is 6.24. The van der Waals surface area contributed by atoms with Crippen molar-refractivity contribution in [3.05, 3.63) is 83.4 Å². The summed E-state index contributed by atoms with van der Waals surface area (Å²) in [6.45, 7) is 0.130. The molecule has 0 aliphatic carbocycles. The second kappa shape index (κ2) is 14.6. The van der Waals surface area contributed by atoms with Crippen LogP contribution in [0.3, 0.4) is 0 Å². The van der Waals surface area contributed by atoms with E-state index in [1.807, 2.05) is 18.2 Å². The van der Waals surface area contributed by atoms with E-state index in [1.54, 1.807) is 42.6 Å². The van der Waals surface area contributed by atoms with Crippen LogP contribution in [0.15, 0.2) is 67.1 Å². The zero-order valence-electron chi connectivity index (χ0n) is 26.0. The average Bonchev–Trinajstić information content (AvgIpc) is 3.61. The zero-order chi connectivity index (χ0) is 33.6. The lowest BCUT2D eigenvalue weighted by Gasteiger charge is -2.37. The summed E-state index contributed by atoms with van der Waals surface area (Å²) in [6, 6.07) is 13.1. The van der Waals surface area contributed by atoms with Crippen molar-refractivity contribution < 1.29 is 23.5 Å². The largest absolute Gasteiger partial charge is 0.453 e. The molecule has 48 heavy (non-hydrogen) atoms. The molecule has 2 aromatic heterocycles. The molecular formula is C33H33ClFN9O4. The van der Waals surface area contributed by atoms with Gasteiger partial charge in [-0.2, -0.15) is 4.68 Å². The number of pyridine rings is 1. The fourth-order valence-electron chi connectivity index (χ4n) is 5.75. The molecule has 2 atom stereocenters. The molecule has 3 amide bonds. The Morgan fingerprint density at radius 2 is 1.92 bits per heavy atom. The maximum absolute atomic E-state index is 13.7. The van der Waals surface area contributed by atoms with Gasteiger partial charge in [-0.05, 0) is 77.4 Å².